The Balaban J connectivity index is 2.58. The van der Waals surface area contributed by atoms with Gasteiger partial charge >= 0.3 is 0 Å². The maximum Gasteiger partial charge on any atom is 0.276 e. The van der Waals surface area contributed by atoms with E-state index in [2.05, 4.69) is 14.9 Å². The van der Waals surface area contributed by atoms with Crippen LogP contribution in [0.4, 0.5) is 0 Å². The van der Waals surface area contributed by atoms with Crippen LogP contribution in [-0.4, -0.2) is 18.8 Å². The Morgan fingerprint density at radius 1 is 1.14 bits per heavy atom. The third kappa shape index (κ3) is 1.51. The lowest BCUT2D eigenvalue weighted by Gasteiger charge is -1.92. The van der Waals surface area contributed by atoms with Crippen LogP contribution < -0.4 is 0 Å². The molecule has 0 saturated heterocycles. The van der Waals surface area contributed by atoms with Gasteiger partial charge in [0, 0.05) is 10.8 Å². The molecule has 72 valence electrons. The van der Waals surface area contributed by atoms with Gasteiger partial charge in [-0.2, -0.15) is 0 Å². The minimum absolute atomic E-state index is 0.203. The lowest BCUT2D eigenvalue weighted by atomic mass is 10.2. The summed E-state index contributed by atoms with van der Waals surface area (Å²) in [6.45, 7) is 0. The first-order chi connectivity index (χ1) is 6.79. The molecular formula is C8H6N2O3S. The van der Waals surface area contributed by atoms with Gasteiger partial charge in [-0.25, -0.2) is 8.42 Å². The highest BCUT2D eigenvalue weighted by Crippen LogP contribution is 2.20. The fourth-order valence-corrected chi connectivity index (χ4v) is 1.53. The topological polar surface area (TPSA) is 73.1 Å². The lowest BCUT2D eigenvalue weighted by Crippen LogP contribution is -1.83. The van der Waals surface area contributed by atoms with E-state index in [1.807, 2.05) is 6.07 Å². The van der Waals surface area contributed by atoms with Crippen molar-refractivity contribution in [1.29, 1.82) is 0 Å². The summed E-state index contributed by atoms with van der Waals surface area (Å²) in [5, 5.41) is 6.62. The monoisotopic (exact) mass is 210 g/mol. The van der Waals surface area contributed by atoms with Crippen LogP contribution in [0.25, 0.3) is 11.3 Å². The lowest BCUT2D eigenvalue weighted by molar-refractivity contribution is 0.325. The summed E-state index contributed by atoms with van der Waals surface area (Å²) in [4.78, 5) is 0. The normalized spacial score (nSPS) is 10.6. The summed E-state index contributed by atoms with van der Waals surface area (Å²) in [5.74, 6) is 0. The maximum atomic E-state index is 10.7. The molecule has 0 radical (unpaired) electrons. The predicted molar refractivity (Wildman–Crippen MR) is 48.3 cm³/mol. The Bertz CT molecular complexity index is 496. The van der Waals surface area contributed by atoms with Crippen molar-refractivity contribution in [1.82, 2.24) is 10.4 Å². The number of aromatic nitrogens is 2. The van der Waals surface area contributed by atoms with E-state index >= 15 is 0 Å². The molecule has 0 aliphatic heterocycles. The Morgan fingerprint density at radius 3 is 2.50 bits per heavy atom. The van der Waals surface area contributed by atoms with E-state index in [0.29, 0.717) is 5.56 Å². The largest absolute Gasteiger partial charge is 0.325 e. The van der Waals surface area contributed by atoms with Crippen LogP contribution >= 0.6 is 0 Å². The minimum atomic E-state index is -2.79. The van der Waals surface area contributed by atoms with Crippen LogP contribution in [0.15, 0.2) is 39.9 Å². The van der Waals surface area contributed by atoms with Crippen LogP contribution in [0.3, 0.4) is 0 Å². The van der Waals surface area contributed by atoms with Gasteiger partial charge in [-0.15, -0.1) is 5.10 Å². The van der Waals surface area contributed by atoms with Crippen molar-refractivity contribution >= 4 is 10.7 Å². The van der Waals surface area contributed by atoms with Gasteiger partial charge in [-0.05, 0) is 0 Å². The molecule has 1 heterocycles. The standard InChI is InChI=1S/C8H6N2O3S/c11-14(12)8-7(9-10-13-8)6-4-2-1-3-5-6/h1-5,14H. The van der Waals surface area contributed by atoms with Crippen LogP contribution in [0.1, 0.15) is 0 Å². The molecule has 2 aromatic rings. The van der Waals surface area contributed by atoms with Gasteiger partial charge in [-0.3, -0.25) is 0 Å². The molecule has 0 amide bonds. The zero-order chi connectivity index (χ0) is 9.97. The molecule has 0 unspecified atom stereocenters. The van der Waals surface area contributed by atoms with Crippen molar-refractivity contribution in [3.8, 4) is 11.3 Å². The molecule has 1 aromatic heterocycles. The SMILES string of the molecule is O=[SH](=O)c1onnc1-c1ccccc1. The summed E-state index contributed by atoms with van der Waals surface area (Å²) in [5.41, 5.74) is 0.921. The second-order valence-electron chi connectivity index (χ2n) is 2.55. The number of nitrogens with zero attached hydrogens (tertiary/aromatic N) is 2. The van der Waals surface area contributed by atoms with Crippen LogP contribution in [0.2, 0.25) is 0 Å². The van der Waals surface area contributed by atoms with E-state index in [0.717, 1.165) is 0 Å². The number of benzene rings is 1. The van der Waals surface area contributed by atoms with Crippen molar-refractivity contribution in [3.63, 3.8) is 0 Å². The molecule has 2 rings (SSSR count). The van der Waals surface area contributed by atoms with Crippen molar-refractivity contribution in [2.24, 2.45) is 0 Å². The molecule has 5 nitrogen and oxygen atoms in total. The molecule has 0 aliphatic carbocycles. The number of rotatable bonds is 2. The molecule has 1 aromatic carbocycles. The average Bonchev–Trinajstić information content (AvgIpc) is 2.67. The van der Waals surface area contributed by atoms with Crippen molar-refractivity contribution in [3.05, 3.63) is 30.3 Å². The van der Waals surface area contributed by atoms with Gasteiger partial charge in [0.2, 0.25) is 10.7 Å². The highest BCUT2D eigenvalue weighted by molar-refractivity contribution is 7.72. The minimum Gasteiger partial charge on any atom is -0.325 e. The second-order valence-corrected chi connectivity index (χ2v) is 3.47. The first-order valence-corrected chi connectivity index (χ1v) is 4.99. The summed E-state index contributed by atoms with van der Waals surface area (Å²) >= 11 is 0. The summed E-state index contributed by atoms with van der Waals surface area (Å²) in [7, 11) is -2.79. The van der Waals surface area contributed by atoms with Gasteiger partial charge in [0.1, 0.15) is 0 Å². The zero-order valence-electron chi connectivity index (χ0n) is 6.95. The quantitative estimate of drug-likeness (QED) is 0.739. The average molecular weight is 210 g/mol. The Kier molecular flexibility index (Phi) is 2.28. The van der Waals surface area contributed by atoms with Gasteiger partial charge < -0.3 is 4.52 Å². The van der Waals surface area contributed by atoms with E-state index in [4.69, 9.17) is 0 Å². The van der Waals surface area contributed by atoms with Crippen LogP contribution in [0.5, 0.6) is 0 Å². The Labute approximate surface area is 81.3 Å². The predicted octanol–water partition coefficient (Wildman–Crippen LogP) is 0.707. The zero-order valence-corrected chi connectivity index (χ0v) is 7.85. The molecule has 6 heteroatoms. The molecule has 0 aliphatic rings. The fourth-order valence-electron chi connectivity index (χ4n) is 1.08. The van der Waals surface area contributed by atoms with Gasteiger partial charge in [0.25, 0.3) is 5.09 Å². The number of hydrogen-bond acceptors (Lipinski definition) is 5. The highest BCUT2D eigenvalue weighted by atomic mass is 32.2. The Hall–Kier alpha value is -1.69. The molecule has 0 saturated carbocycles. The van der Waals surface area contributed by atoms with E-state index in [1.165, 1.54) is 0 Å². The molecule has 0 N–H and O–H groups in total. The molecule has 0 atom stereocenters. The van der Waals surface area contributed by atoms with E-state index in [9.17, 15) is 8.42 Å². The molecule has 14 heavy (non-hydrogen) atoms. The fraction of sp³-hybridized carbons (Fsp3) is 0. The highest BCUT2D eigenvalue weighted by Gasteiger charge is 2.13. The van der Waals surface area contributed by atoms with Crippen molar-refractivity contribution in [2.45, 2.75) is 5.09 Å². The second kappa shape index (κ2) is 3.59. The number of hydrogen-bond donors (Lipinski definition) is 1. The molecular weight excluding hydrogens is 204 g/mol. The van der Waals surface area contributed by atoms with Crippen molar-refractivity contribution < 1.29 is 12.9 Å². The third-order valence-electron chi connectivity index (χ3n) is 1.68. The molecule has 0 spiro atoms. The first-order valence-electron chi connectivity index (χ1n) is 3.81. The summed E-state index contributed by atoms with van der Waals surface area (Å²) in [6, 6.07) is 8.87. The first kappa shape index (κ1) is 8.89. The van der Waals surface area contributed by atoms with Gasteiger partial charge in [0.05, 0.1) is 0 Å². The third-order valence-corrected chi connectivity index (χ3v) is 2.31. The van der Waals surface area contributed by atoms with Crippen LogP contribution in [-0.2, 0) is 10.7 Å². The summed E-state index contributed by atoms with van der Waals surface area (Å²) < 4.78 is 26.0. The van der Waals surface area contributed by atoms with Gasteiger partial charge in [0.15, 0.2) is 5.69 Å². The van der Waals surface area contributed by atoms with Crippen molar-refractivity contribution in [2.75, 3.05) is 0 Å². The number of thiol groups is 1. The van der Waals surface area contributed by atoms with E-state index in [-0.39, 0.29) is 10.8 Å². The van der Waals surface area contributed by atoms with Crippen LogP contribution in [0, 0.1) is 0 Å². The summed E-state index contributed by atoms with van der Waals surface area (Å²) in [6.07, 6.45) is 0. The maximum absolute atomic E-state index is 10.7. The molecule has 0 fully saturated rings. The Morgan fingerprint density at radius 2 is 1.86 bits per heavy atom. The van der Waals surface area contributed by atoms with E-state index < -0.39 is 10.7 Å². The van der Waals surface area contributed by atoms with E-state index in [1.54, 1.807) is 24.3 Å². The smallest absolute Gasteiger partial charge is 0.276 e. The van der Waals surface area contributed by atoms with Gasteiger partial charge in [-0.1, -0.05) is 30.3 Å². The molecule has 0 bridgehead atoms.